The van der Waals surface area contributed by atoms with E-state index >= 15 is 0 Å². The number of nitrogens with one attached hydrogen (secondary N) is 1. The molecule has 1 N–H and O–H groups in total. The summed E-state index contributed by atoms with van der Waals surface area (Å²) in [5, 5.41) is 18.9. The molecule has 3 rings (SSSR count). The molecule has 8 nitrogen and oxygen atoms in total. The highest BCUT2D eigenvalue weighted by atomic mass is 16.6. The van der Waals surface area contributed by atoms with Gasteiger partial charge in [0.25, 0.3) is 5.69 Å². The molecule has 2 heterocycles. The number of nitro benzene ring substituents is 1. The Bertz CT molecular complexity index is 1030. The number of aryl methyl sites for hydroxylation is 2. The Morgan fingerprint density at radius 1 is 1.14 bits per heavy atom. The van der Waals surface area contributed by atoms with Gasteiger partial charge in [0.15, 0.2) is 5.82 Å². The van der Waals surface area contributed by atoms with Crippen LogP contribution in [0.1, 0.15) is 50.7 Å². The van der Waals surface area contributed by atoms with Gasteiger partial charge in [-0.1, -0.05) is 0 Å². The summed E-state index contributed by atoms with van der Waals surface area (Å²) in [6.45, 7) is 12.3. The van der Waals surface area contributed by atoms with Crippen LogP contribution < -0.4 is 5.32 Å². The monoisotopic (exact) mass is 394 g/mol. The van der Waals surface area contributed by atoms with Gasteiger partial charge in [0.05, 0.1) is 22.2 Å². The minimum Gasteiger partial charge on any atom is -0.363 e. The molecular formula is C21H26N6O2. The summed E-state index contributed by atoms with van der Waals surface area (Å²) in [7, 11) is 0. The van der Waals surface area contributed by atoms with Crippen LogP contribution in [0.15, 0.2) is 36.5 Å². The number of nitrogens with zero attached hydrogens (tertiary/aromatic N) is 5. The molecule has 0 aliphatic carbocycles. The fourth-order valence-electron chi connectivity index (χ4n) is 3.05. The molecular weight excluding hydrogens is 368 g/mol. The molecule has 0 aliphatic heterocycles. The third-order valence-electron chi connectivity index (χ3n) is 4.65. The Hall–Kier alpha value is -3.29. The van der Waals surface area contributed by atoms with E-state index in [0.29, 0.717) is 11.6 Å². The standard InChI is InChI=1S/C21H26N6O2/c1-13-11-19(23-14(2)18-12-26(21(4,5)6)25-15(18)3)24-20(22-13)16-7-9-17(10-8-16)27(28)29/h7-12,14H,1-6H3,(H,22,23,24). The molecule has 0 bridgehead atoms. The third-order valence-corrected chi connectivity index (χ3v) is 4.65. The second-order valence-electron chi connectivity index (χ2n) is 8.17. The molecule has 1 aromatic carbocycles. The zero-order valence-electron chi connectivity index (χ0n) is 17.6. The lowest BCUT2D eigenvalue weighted by molar-refractivity contribution is -0.384. The molecule has 1 unspecified atom stereocenters. The van der Waals surface area contributed by atoms with Crippen molar-refractivity contribution in [2.24, 2.45) is 0 Å². The molecule has 0 aliphatic rings. The molecule has 0 saturated heterocycles. The maximum absolute atomic E-state index is 10.9. The number of hydrogen-bond acceptors (Lipinski definition) is 6. The quantitative estimate of drug-likeness (QED) is 0.493. The van der Waals surface area contributed by atoms with Gasteiger partial charge in [0.2, 0.25) is 0 Å². The summed E-state index contributed by atoms with van der Waals surface area (Å²) in [4.78, 5) is 19.5. The average molecular weight is 394 g/mol. The number of rotatable bonds is 5. The Morgan fingerprint density at radius 3 is 2.34 bits per heavy atom. The molecule has 152 valence electrons. The smallest absolute Gasteiger partial charge is 0.269 e. The first-order chi connectivity index (χ1) is 13.5. The second kappa shape index (κ2) is 7.62. The predicted octanol–water partition coefficient (Wildman–Crippen LogP) is 4.79. The zero-order valence-corrected chi connectivity index (χ0v) is 17.6. The van der Waals surface area contributed by atoms with Crippen molar-refractivity contribution >= 4 is 11.5 Å². The van der Waals surface area contributed by atoms with E-state index in [0.717, 1.165) is 22.5 Å². The van der Waals surface area contributed by atoms with E-state index in [4.69, 9.17) is 0 Å². The molecule has 2 aromatic heterocycles. The topological polar surface area (TPSA) is 98.8 Å². The van der Waals surface area contributed by atoms with Gasteiger partial charge < -0.3 is 5.32 Å². The van der Waals surface area contributed by atoms with Gasteiger partial charge in [-0.3, -0.25) is 14.8 Å². The minimum atomic E-state index is -0.421. The van der Waals surface area contributed by atoms with Crippen LogP contribution in [-0.4, -0.2) is 24.7 Å². The van der Waals surface area contributed by atoms with Crippen molar-refractivity contribution < 1.29 is 4.92 Å². The van der Waals surface area contributed by atoms with Crippen molar-refractivity contribution in [3.63, 3.8) is 0 Å². The molecule has 0 radical (unpaired) electrons. The van der Waals surface area contributed by atoms with Crippen molar-refractivity contribution in [1.29, 1.82) is 0 Å². The number of aromatic nitrogens is 4. The Morgan fingerprint density at radius 2 is 1.79 bits per heavy atom. The SMILES string of the molecule is Cc1cc(NC(C)c2cn(C(C)(C)C)nc2C)nc(-c2ccc([N+](=O)[O-])cc2)n1. The van der Waals surface area contributed by atoms with Crippen LogP contribution in [0.3, 0.4) is 0 Å². The summed E-state index contributed by atoms with van der Waals surface area (Å²) in [5.41, 5.74) is 3.57. The normalized spacial score (nSPS) is 12.6. The van der Waals surface area contributed by atoms with Crippen LogP contribution in [0.25, 0.3) is 11.4 Å². The van der Waals surface area contributed by atoms with Crippen LogP contribution in [0.5, 0.6) is 0 Å². The molecule has 0 fully saturated rings. The molecule has 1 atom stereocenters. The first-order valence-corrected chi connectivity index (χ1v) is 9.48. The summed E-state index contributed by atoms with van der Waals surface area (Å²) in [6, 6.07) is 8.14. The fraction of sp³-hybridized carbons (Fsp3) is 0.381. The molecule has 0 saturated carbocycles. The lowest BCUT2D eigenvalue weighted by Gasteiger charge is -2.19. The summed E-state index contributed by atoms with van der Waals surface area (Å²) in [5.74, 6) is 1.22. The van der Waals surface area contributed by atoms with Gasteiger partial charge in [0.1, 0.15) is 5.82 Å². The fourth-order valence-corrected chi connectivity index (χ4v) is 3.05. The first kappa shape index (κ1) is 20.4. The van der Waals surface area contributed by atoms with Crippen LogP contribution in [0.4, 0.5) is 11.5 Å². The molecule has 3 aromatic rings. The Labute approximate surface area is 170 Å². The zero-order chi connectivity index (χ0) is 21.3. The minimum absolute atomic E-state index is 0.00473. The summed E-state index contributed by atoms with van der Waals surface area (Å²) in [6.07, 6.45) is 2.07. The van der Waals surface area contributed by atoms with Gasteiger partial charge in [-0.05, 0) is 53.7 Å². The van der Waals surface area contributed by atoms with E-state index in [9.17, 15) is 10.1 Å². The number of anilines is 1. The number of benzene rings is 1. The second-order valence-corrected chi connectivity index (χ2v) is 8.17. The van der Waals surface area contributed by atoms with E-state index in [2.05, 4.69) is 54.3 Å². The van der Waals surface area contributed by atoms with Crippen molar-refractivity contribution in [2.75, 3.05) is 5.32 Å². The lowest BCUT2D eigenvalue weighted by Crippen LogP contribution is -2.22. The largest absolute Gasteiger partial charge is 0.363 e. The maximum atomic E-state index is 10.9. The van der Waals surface area contributed by atoms with Crippen molar-refractivity contribution in [1.82, 2.24) is 19.7 Å². The number of nitro groups is 1. The molecule has 8 heteroatoms. The highest BCUT2D eigenvalue weighted by Crippen LogP contribution is 2.26. The number of non-ortho nitro benzene ring substituents is 1. The summed E-state index contributed by atoms with van der Waals surface area (Å²) < 4.78 is 1.98. The average Bonchev–Trinajstić information content (AvgIpc) is 3.03. The highest BCUT2D eigenvalue weighted by molar-refractivity contribution is 5.59. The molecule has 29 heavy (non-hydrogen) atoms. The Balaban J connectivity index is 1.87. The van der Waals surface area contributed by atoms with Gasteiger partial charge in [-0.15, -0.1) is 0 Å². The van der Waals surface area contributed by atoms with Gasteiger partial charge in [-0.2, -0.15) is 5.10 Å². The van der Waals surface area contributed by atoms with Gasteiger partial charge in [-0.25, -0.2) is 9.97 Å². The Kier molecular flexibility index (Phi) is 5.37. The van der Waals surface area contributed by atoms with Crippen LogP contribution in [0, 0.1) is 24.0 Å². The molecule has 0 amide bonds. The van der Waals surface area contributed by atoms with Crippen molar-refractivity contribution in [2.45, 2.75) is 53.1 Å². The lowest BCUT2D eigenvalue weighted by atomic mass is 10.1. The number of hydrogen-bond donors (Lipinski definition) is 1. The van der Waals surface area contributed by atoms with E-state index < -0.39 is 4.92 Å². The van der Waals surface area contributed by atoms with E-state index in [1.165, 1.54) is 12.1 Å². The van der Waals surface area contributed by atoms with E-state index in [1.54, 1.807) is 12.1 Å². The van der Waals surface area contributed by atoms with Crippen molar-refractivity contribution in [3.8, 4) is 11.4 Å². The van der Waals surface area contributed by atoms with Crippen LogP contribution >= 0.6 is 0 Å². The van der Waals surface area contributed by atoms with Crippen LogP contribution in [-0.2, 0) is 5.54 Å². The molecule has 0 spiro atoms. The van der Waals surface area contributed by atoms with E-state index in [1.807, 2.05) is 24.6 Å². The van der Waals surface area contributed by atoms with E-state index in [-0.39, 0.29) is 17.3 Å². The maximum Gasteiger partial charge on any atom is 0.269 e. The van der Waals surface area contributed by atoms with Gasteiger partial charge in [0, 0.05) is 41.2 Å². The highest BCUT2D eigenvalue weighted by Gasteiger charge is 2.19. The van der Waals surface area contributed by atoms with Gasteiger partial charge >= 0.3 is 0 Å². The summed E-state index contributed by atoms with van der Waals surface area (Å²) >= 11 is 0. The predicted molar refractivity (Wildman–Crippen MR) is 113 cm³/mol. The van der Waals surface area contributed by atoms with Crippen LogP contribution in [0.2, 0.25) is 0 Å². The third kappa shape index (κ3) is 4.59. The van der Waals surface area contributed by atoms with Crippen molar-refractivity contribution in [3.05, 3.63) is 63.6 Å². The first-order valence-electron chi connectivity index (χ1n) is 9.48.